The third-order valence-corrected chi connectivity index (χ3v) is 4.25. The minimum Gasteiger partial charge on any atom is -0.294 e. The van der Waals surface area contributed by atoms with Crippen molar-refractivity contribution in [1.29, 1.82) is 0 Å². The Kier molecular flexibility index (Phi) is 3.12. The minimum atomic E-state index is 0.221. The molecule has 0 N–H and O–H groups in total. The summed E-state index contributed by atoms with van der Waals surface area (Å²) in [5, 5.41) is 0. The smallest absolute Gasteiger partial charge is 0.163 e. The summed E-state index contributed by atoms with van der Waals surface area (Å²) in [5.74, 6) is 0.221. The fourth-order valence-electron chi connectivity index (χ4n) is 2.40. The van der Waals surface area contributed by atoms with Crippen molar-refractivity contribution in [3.63, 3.8) is 0 Å². The SMILES string of the molecule is O=C1CCc2cc(Br)ccc2-c2ccc(Br)cc21. The number of hydrogen-bond acceptors (Lipinski definition) is 1. The first-order chi connectivity index (χ1) is 8.65. The summed E-state index contributed by atoms with van der Waals surface area (Å²) in [7, 11) is 0. The normalized spacial score (nSPS) is 13.8. The van der Waals surface area contributed by atoms with Crippen molar-refractivity contribution in [1.82, 2.24) is 0 Å². The minimum absolute atomic E-state index is 0.221. The van der Waals surface area contributed by atoms with Crippen molar-refractivity contribution in [2.24, 2.45) is 0 Å². The molecule has 2 aromatic carbocycles. The van der Waals surface area contributed by atoms with Crippen molar-refractivity contribution in [3.8, 4) is 11.1 Å². The van der Waals surface area contributed by atoms with Crippen LogP contribution in [-0.4, -0.2) is 5.78 Å². The first-order valence-corrected chi connectivity index (χ1v) is 7.35. The molecule has 1 aliphatic carbocycles. The molecule has 0 amide bonds. The zero-order valence-corrected chi connectivity index (χ0v) is 12.7. The van der Waals surface area contributed by atoms with Gasteiger partial charge >= 0.3 is 0 Å². The number of carbonyl (C=O) groups is 1. The molecular formula is C15H10Br2O. The van der Waals surface area contributed by atoms with Gasteiger partial charge < -0.3 is 0 Å². The Morgan fingerprint density at radius 1 is 0.778 bits per heavy atom. The molecule has 0 atom stereocenters. The monoisotopic (exact) mass is 364 g/mol. The molecule has 18 heavy (non-hydrogen) atoms. The molecule has 0 saturated heterocycles. The number of hydrogen-bond donors (Lipinski definition) is 0. The summed E-state index contributed by atoms with van der Waals surface area (Å²) < 4.78 is 2.02. The molecule has 2 aromatic rings. The average Bonchev–Trinajstić information content (AvgIpc) is 2.48. The number of aryl methyl sites for hydroxylation is 1. The number of benzene rings is 2. The summed E-state index contributed by atoms with van der Waals surface area (Å²) in [6, 6.07) is 12.2. The molecular weight excluding hydrogens is 356 g/mol. The molecule has 3 rings (SSSR count). The van der Waals surface area contributed by atoms with E-state index in [-0.39, 0.29) is 5.78 Å². The van der Waals surface area contributed by atoms with Gasteiger partial charge in [-0.1, -0.05) is 44.0 Å². The third kappa shape index (κ3) is 2.06. The largest absolute Gasteiger partial charge is 0.294 e. The molecule has 0 saturated carbocycles. The highest BCUT2D eigenvalue weighted by atomic mass is 79.9. The Morgan fingerprint density at radius 3 is 2.22 bits per heavy atom. The Labute approximate surface area is 122 Å². The molecule has 1 nitrogen and oxygen atoms in total. The lowest BCUT2D eigenvalue weighted by Crippen LogP contribution is -1.99. The standard InChI is InChI=1S/C15H10Br2O/c16-10-2-4-12-9(7-10)1-6-15(18)14-8-11(17)3-5-13(12)14/h2-5,7-8H,1,6H2. The summed E-state index contributed by atoms with van der Waals surface area (Å²) in [5.41, 5.74) is 4.28. The highest BCUT2D eigenvalue weighted by Gasteiger charge is 2.20. The van der Waals surface area contributed by atoms with Gasteiger partial charge in [-0.15, -0.1) is 0 Å². The molecule has 1 aliphatic rings. The number of rotatable bonds is 0. The lowest BCUT2D eigenvalue weighted by molar-refractivity contribution is 0.0984. The zero-order chi connectivity index (χ0) is 12.7. The van der Waals surface area contributed by atoms with Crippen LogP contribution in [0.2, 0.25) is 0 Å². The first-order valence-electron chi connectivity index (χ1n) is 5.77. The molecule has 0 heterocycles. The maximum atomic E-state index is 12.2. The van der Waals surface area contributed by atoms with Gasteiger partial charge in [-0.2, -0.15) is 0 Å². The van der Waals surface area contributed by atoms with Crippen molar-refractivity contribution in [3.05, 3.63) is 56.5 Å². The number of Topliss-reactive ketones (excluding diaryl/α,β-unsaturated/α-hetero) is 1. The van der Waals surface area contributed by atoms with Gasteiger partial charge in [0.1, 0.15) is 0 Å². The Balaban J connectivity index is 2.30. The van der Waals surface area contributed by atoms with E-state index in [9.17, 15) is 4.79 Å². The Bertz CT molecular complexity index is 647. The molecule has 0 aliphatic heterocycles. The van der Waals surface area contributed by atoms with E-state index in [1.807, 2.05) is 24.3 Å². The molecule has 0 aromatic heterocycles. The molecule has 3 heteroatoms. The van der Waals surface area contributed by atoms with Crippen LogP contribution in [0, 0.1) is 0 Å². The number of fused-ring (bicyclic) bond motifs is 3. The third-order valence-electron chi connectivity index (χ3n) is 3.26. The van der Waals surface area contributed by atoms with E-state index in [1.54, 1.807) is 0 Å². The van der Waals surface area contributed by atoms with E-state index < -0.39 is 0 Å². The van der Waals surface area contributed by atoms with E-state index >= 15 is 0 Å². The second-order valence-electron chi connectivity index (χ2n) is 4.41. The summed E-state index contributed by atoms with van der Waals surface area (Å²) in [6.07, 6.45) is 1.38. The molecule has 90 valence electrons. The predicted octanol–water partition coefficient (Wildman–Crippen LogP) is 5.01. The van der Waals surface area contributed by atoms with Gasteiger partial charge in [0.05, 0.1) is 0 Å². The molecule has 0 spiro atoms. The van der Waals surface area contributed by atoms with Crippen LogP contribution >= 0.6 is 31.9 Å². The predicted molar refractivity (Wildman–Crippen MR) is 79.9 cm³/mol. The van der Waals surface area contributed by atoms with Gasteiger partial charge in [-0.3, -0.25) is 4.79 Å². The quantitative estimate of drug-likeness (QED) is 0.641. The van der Waals surface area contributed by atoms with E-state index in [2.05, 4.69) is 44.0 Å². The highest BCUT2D eigenvalue weighted by molar-refractivity contribution is 9.10. The van der Waals surface area contributed by atoms with E-state index in [0.717, 1.165) is 26.5 Å². The van der Waals surface area contributed by atoms with E-state index in [4.69, 9.17) is 0 Å². The number of carbonyl (C=O) groups excluding carboxylic acids is 1. The molecule has 0 bridgehead atoms. The van der Waals surface area contributed by atoms with Crippen LogP contribution < -0.4 is 0 Å². The number of halogens is 2. The van der Waals surface area contributed by atoms with Crippen LogP contribution in [0.3, 0.4) is 0 Å². The fourth-order valence-corrected chi connectivity index (χ4v) is 3.17. The molecule has 0 fully saturated rings. The lowest BCUT2D eigenvalue weighted by atomic mass is 9.97. The van der Waals surface area contributed by atoms with Gasteiger partial charge in [0.25, 0.3) is 0 Å². The highest BCUT2D eigenvalue weighted by Crippen LogP contribution is 2.35. The van der Waals surface area contributed by atoms with Crippen LogP contribution in [0.5, 0.6) is 0 Å². The fraction of sp³-hybridized carbons (Fsp3) is 0.133. The second-order valence-corrected chi connectivity index (χ2v) is 6.25. The first kappa shape index (κ1) is 12.1. The van der Waals surface area contributed by atoms with Crippen LogP contribution in [0.25, 0.3) is 11.1 Å². The van der Waals surface area contributed by atoms with Crippen molar-refractivity contribution < 1.29 is 4.79 Å². The van der Waals surface area contributed by atoms with E-state index in [1.165, 1.54) is 11.1 Å². The maximum Gasteiger partial charge on any atom is 0.163 e. The second kappa shape index (κ2) is 4.63. The van der Waals surface area contributed by atoms with Crippen molar-refractivity contribution in [2.75, 3.05) is 0 Å². The van der Waals surface area contributed by atoms with Crippen LogP contribution in [0.1, 0.15) is 22.3 Å². The summed E-state index contributed by atoms with van der Waals surface area (Å²) >= 11 is 6.93. The van der Waals surface area contributed by atoms with Gasteiger partial charge in [0.15, 0.2) is 5.78 Å². The Morgan fingerprint density at radius 2 is 1.44 bits per heavy atom. The van der Waals surface area contributed by atoms with Crippen LogP contribution in [-0.2, 0) is 6.42 Å². The van der Waals surface area contributed by atoms with E-state index in [0.29, 0.717) is 6.42 Å². The number of ketones is 1. The van der Waals surface area contributed by atoms with Crippen molar-refractivity contribution >= 4 is 37.6 Å². The maximum absolute atomic E-state index is 12.2. The average molecular weight is 366 g/mol. The van der Waals surface area contributed by atoms with Crippen molar-refractivity contribution in [2.45, 2.75) is 12.8 Å². The van der Waals surface area contributed by atoms with Crippen LogP contribution in [0.4, 0.5) is 0 Å². The lowest BCUT2D eigenvalue weighted by Gasteiger charge is -2.09. The summed E-state index contributed by atoms with van der Waals surface area (Å²) in [4.78, 5) is 12.2. The summed E-state index contributed by atoms with van der Waals surface area (Å²) in [6.45, 7) is 0. The van der Waals surface area contributed by atoms with Crippen LogP contribution in [0.15, 0.2) is 45.3 Å². The molecule has 0 radical (unpaired) electrons. The Hall–Kier alpha value is -0.930. The zero-order valence-electron chi connectivity index (χ0n) is 9.54. The van der Waals surface area contributed by atoms with Gasteiger partial charge in [-0.25, -0.2) is 0 Å². The van der Waals surface area contributed by atoms with Gasteiger partial charge in [0, 0.05) is 20.9 Å². The van der Waals surface area contributed by atoms with Gasteiger partial charge in [-0.05, 0) is 47.4 Å². The topological polar surface area (TPSA) is 17.1 Å². The molecule has 0 unspecified atom stereocenters. The van der Waals surface area contributed by atoms with Gasteiger partial charge in [0.2, 0.25) is 0 Å².